The van der Waals surface area contributed by atoms with E-state index in [9.17, 15) is 4.79 Å². The average Bonchev–Trinajstić information content (AvgIpc) is 3.04. The van der Waals surface area contributed by atoms with Gasteiger partial charge in [-0.3, -0.25) is 4.79 Å². The third-order valence-corrected chi connectivity index (χ3v) is 4.64. The number of carbonyl (C=O) groups excluding carboxylic acids is 1. The summed E-state index contributed by atoms with van der Waals surface area (Å²) in [5.41, 5.74) is 2.91. The molecule has 0 unspecified atom stereocenters. The van der Waals surface area contributed by atoms with Crippen molar-refractivity contribution in [2.24, 2.45) is 0 Å². The van der Waals surface area contributed by atoms with Gasteiger partial charge in [0.05, 0.1) is 24.0 Å². The zero-order valence-electron chi connectivity index (χ0n) is 15.7. The lowest BCUT2D eigenvalue weighted by molar-refractivity contribution is 0.102. The van der Waals surface area contributed by atoms with Gasteiger partial charge in [-0.25, -0.2) is 4.68 Å². The molecule has 7 nitrogen and oxygen atoms in total. The second-order valence-electron chi connectivity index (χ2n) is 6.75. The highest BCUT2D eigenvalue weighted by Gasteiger charge is 2.23. The number of ether oxygens (including phenoxy) is 1. The number of aromatic nitrogens is 3. The van der Waals surface area contributed by atoms with Crippen LogP contribution in [-0.4, -0.2) is 40.6 Å². The molecule has 0 aliphatic carbocycles. The molecule has 7 heteroatoms. The van der Waals surface area contributed by atoms with Gasteiger partial charge in [0.25, 0.3) is 5.91 Å². The SMILES string of the molecule is CCCOc1cc(C)ccc1NC(=O)c1nnn(C2CCNCC2)c1C. The van der Waals surface area contributed by atoms with Gasteiger partial charge in [0.15, 0.2) is 5.69 Å². The van der Waals surface area contributed by atoms with Crippen molar-refractivity contribution in [1.82, 2.24) is 20.3 Å². The van der Waals surface area contributed by atoms with Crippen molar-refractivity contribution < 1.29 is 9.53 Å². The maximum atomic E-state index is 12.7. The van der Waals surface area contributed by atoms with Crippen molar-refractivity contribution in [1.29, 1.82) is 0 Å². The number of aryl methyl sites for hydroxylation is 1. The van der Waals surface area contributed by atoms with Gasteiger partial charge in [0, 0.05) is 0 Å². The number of hydrogen-bond donors (Lipinski definition) is 2. The molecule has 1 amide bonds. The number of anilines is 1. The largest absolute Gasteiger partial charge is 0.491 e. The standard InChI is InChI=1S/C19H27N5O2/c1-4-11-26-17-12-13(2)5-6-16(17)21-19(25)18-14(3)24(23-22-18)15-7-9-20-10-8-15/h5-6,12,15,20H,4,7-11H2,1-3H3,(H,21,25). The monoisotopic (exact) mass is 357 g/mol. The molecule has 1 saturated heterocycles. The molecule has 2 heterocycles. The van der Waals surface area contributed by atoms with Gasteiger partial charge in [-0.05, 0) is 63.9 Å². The van der Waals surface area contributed by atoms with E-state index in [1.165, 1.54) is 0 Å². The third-order valence-electron chi connectivity index (χ3n) is 4.64. The maximum absolute atomic E-state index is 12.7. The number of nitrogens with one attached hydrogen (secondary N) is 2. The van der Waals surface area contributed by atoms with Gasteiger partial charge in [-0.2, -0.15) is 0 Å². The van der Waals surface area contributed by atoms with Crippen LogP contribution >= 0.6 is 0 Å². The molecule has 1 aromatic carbocycles. The van der Waals surface area contributed by atoms with Crippen LogP contribution in [-0.2, 0) is 0 Å². The highest BCUT2D eigenvalue weighted by Crippen LogP contribution is 2.27. The van der Waals surface area contributed by atoms with Gasteiger partial charge >= 0.3 is 0 Å². The second-order valence-corrected chi connectivity index (χ2v) is 6.75. The maximum Gasteiger partial charge on any atom is 0.278 e. The minimum absolute atomic E-state index is 0.257. The van der Waals surface area contributed by atoms with Gasteiger partial charge in [-0.1, -0.05) is 18.2 Å². The Morgan fingerprint density at radius 3 is 2.85 bits per heavy atom. The van der Waals surface area contributed by atoms with E-state index in [4.69, 9.17) is 4.74 Å². The molecule has 0 bridgehead atoms. The van der Waals surface area contributed by atoms with Gasteiger partial charge in [0.2, 0.25) is 0 Å². The quantitative estimate of drug-likeness (QED) is 0.831. The molecule has 1 aliphatic rings. The van der Waals surface area contributed by atoms with Crippen LogP contribution in [0.4, 0.5) is 5.69 Å². The van der Waals surface area contributed by atoms with Crippen molar-refractivity contribution in [3.05, 3.63) is 35.2 Å². The Hall–Kier alpha value is -2.41. The number of piperidine rings is 1. The second kappa shape index (κ2) is 8.31. The molecule has 0 spiro atoms. The Labute approximate surface area is 154 Å². The van der Waals surface area contributed by atoms with Crippen LogP contribution in [0.15, 0.2) is 18.2 Å². The van der Waals surface area contributed by atoms with E-state index in [1.54, 1.807) is 0 Å². The Kier molecular flexibility index (Phi) is 5.88. The van der Waals surface area contributed by atoms with Crippen LogP contribution in [0.2, 0.25) is 0 Å². The number of rotatable bonds is 6. The van der Waals surface area contributed by atoms with Crippen LogP contribution in [0.5, 0.6) is 5.75 Å². The highest BCUT2D eigenvalue weighted by molar-refractivity contribution is 6.04. The molecule has 2 aromatic rings. The van der Waals surface area contributed by atoms with Crippen LogP contribution in [0.25, 0.3) is 0 Å². The van der Waals surface area contributed by atoms with E-state index in [-0.39, 0.29) is 5.91 Å². The molecule has 3 rings (SSSR count). The van der Waals surface area contributed by atoms with Crippen molar-refractivity contribution in [3.8, 4) is 5.75 Å². The third kappa shape index (κ3) is 4.04. The molecule has 0 atom stereocenters. The average molecular weight is 357 g/mol. The van der Waals surface area contributed by atoms with E-state index in [0.717, 1.165) is 43.6 Å². The number of carbonyl (C=O) groups is 1. The molecular formula is C19H27N5O2. The fourth-order valence-electron chi connectivity index (χ4n) is 3.19. The number of benzene rings is 1. The lowest BCUT2D eigenvalue weighted by Gasteiger charge is -2.23. The normalized spacial score (nSPS) is 15.0. The summed E-state index contributed by atoms with van der Waals surface area (Å²) >= 11 is 0. The summed E-state index contributed by atoms with van der Waals surface area (Å²) in [6.45, 7) is 8.49. The van der Waals surface area contributed by atoms with E-state index in [2.05, 4.69) is 27.9 Å². The summed E-state index contributed by atoms with van der Waals surface area (Å²) in [4.78, 5) is 12.7. The molecule has 1 fully saturated rings. The van der Waals surface area contributed by atoms with Crippen LogP contribution in [0.3, 0.4) is 0 Å². The first-order valence-corrected chi connectivity index (χ1v) is 9.27. The fraction of sp³-hybridized carbons (Fsp3) is 0.526. The minimum atomic E-state index is -0.257. The van der Waals surface area contributed by atoms with Crippen molar-refractivity contribution in [2.45, 2.75) is 46.1 Å². The predicted octanol–water partition coefficient (Wildman–Crippen LogP) is 2.86. The van der Waals surface area contributed by atoms with E-state index in [0.29, 0.717) is 29.8 Å². The van der Waals surface area contributed by atoms with Crippen molar-refractivity contribution >= 4 is 11.6 Å². The first kappa shape index (κ1) is 18.4. The van der Waals surface area contributed by atoms with Gasteiger partial charge < -0.3 is 15.4 Å². The summed E-state index contributed by atoms with van der Waals surface area (Å²) in [6, 6.07) is 6.05. The van der Waals surface area contributed by atoms with Crippen LogP contribution in [0, 0.1) is 13.8 Å². The Morgan fingerprint density at radius 2 is 2.12 bits per heavy atom. The van der Waals surface area contributed by atoms with E-state index in [1.807, 2.05) is 36.7 Å². The lowest BCUT2D eigenvalue weighted by atomic mass is 10.1. The molecule has 1 aromatic heterocycles. The van der Waals surface area contributed by atoms with Crippen LogP contribution in [0.1, 0.15) is 54.0 Å². The molecule has 2 N–H and O–H groups in total. The molecule has 26 heavy (non-hydrogen) atoms. The molecule has 0 saturated carbocycles. The number of nitrogens with zero attached hydrogens (tertiary/aromatic N) is 3. The van der Waals surface area contributed by atoms with Crippen molar-refractivity contribution in [2.75, 3.05) is 25.0 Å². The summed E-state index contributed by atoms with van der Waals surface area (Å²) in [6.07, 6.45) is 2.90. The van der Waals surface area contributed by atoms with Gasteiger partial charge in [0.1, 0.15) is 5.75 Å². The minimum Gasteiger partial charge on any atom is -0.491 e. The molecular weight excluding hydrogens is 330 g/mol. The molecule has 140 valence electrons. The molecule has 1 aliphatic heterocycles. The highest BCUT2D eigenvalue weighted by atomic mass is 16.5. The Balaban J connectivity index is 1.77. The smallest absolute Gasteiger partial charge is 0.278 e. The van der Waals surface area contributed by atoms with Crippen molar-refractivity contribution in [3.63, 3.8) is 0 Å². The Bertz CT molecular complexity index is 765. The van der Waals surface area contributed by atoms with Crippen LogP contribution < -0.4 is 15.4 Å². The summed E-state index contributed by atoms with van der Waals surface area (Å²) in [5, 5.41) is 14.6. The lowest BCUT2D eigenvalue weighted by Crippen LogP contribution is -2.30. The van der Waals surface area contributed by atoms with E-state index >= 15 is 0 Å². The molecule has 0 radical (unpaired) electrons. The number of amides is 1. The topological polar surface area (TPSA) is 81.1 Å². The number of hydrogen-bond acceptors (Lipinski definition) is 5. The predicted molar refractivity (Wildman–Crippen MR) is 101 cm³/mol. The first-order valence-electron chi connectivity index (χ1n) is 9.27. The summed E-state index contributed by atoms with van der Waals surface area (Å²) < 4.78 is 7.66. The summed E-state index contributed by atoms with van der Waals surface area (Å²) in [5.74, 6) is 0.427. The van der Waals surface area contributed by atoms with E-state index < -0.39 is 0 Å². The summed E-state index contributed by atoms with van der Waals surface area (Å²) in [7, 11) is 0. The fourth-order valence-corrected chi connectivity index (χ4v) is 3.19. The first-order chi connectivity index (χ1) is 12.6. The zero-order chi connectivity index (χ0) is 18.5. The Morgan fingerprint density at radius 1 is 1.35 bits per heavy atom. The zero-order valence-corrected chi connectivity index (χ0v) is 15.7. The van der Waals surface area contributed by atoms with Gasteiger partial charge in [-0.15, -0.1) is 5.10 Å².